The van der Waals surface area contributed by atoms with E-state index in [0.717, 1.165) is 44.3 Å². The molecule has 2 bridgehead atoms. The number of pyridine rings is 1. The predicted octanol–water partition coefficient (Wildman–Crippen LogP) is 2.26. The summed E-state index contributed by atoms with van der Waals surface area (Å²) in [7, 11) is 0. The molecule has 1 aromatic heterocycles. The van der Waals surface area contributed by atoms with E-state index in [2.05, 4.69) is 5.32 Å². The number of rotatable bonds is 3. The standard InChI is InChI=1S/C15H17F3N2O/c16-15(17,18)10-1-2-20(12(21)3-10)9-13-6-14(7-13,8-13)11-4-19-5-11/h1-3,11,19H,4-9H2. The molecule has 1 aliphatic heterocycles. The van der Waals surface area contributed by atoms with E-state index in [1.807, 2.05) is 0 Å². The molecule has 0 amide bonds. The van der Waals surface area contributed by atoms with Crippen LogP contribution in [0.2, 0.25) is 0 Å². The van der Waals surface area contributed by atoms with Crippen LogP contribution in [0.4, 0.5) is 13.2 Å². The summed E-state index contributed by atoms with van der Waals surface area (Å²) in [5, 5.41) is 3.29. The molecule has 2 heterocycles. The van der Waals surface area contributed by atoms with Crippen molar-refractivity contribution in [2.45, 2.75) is 32.0 Å². The molecule has 1 aromatic rings. The van der Waals surface area contributed by atoms with Crippen LogP contribution >= 0.6 is 0 Å². The van der Waals surface area contributed by atoms with Gasteiger partial charge < -0.3 is 9.88 Å². The maximum atomic E-state index is 12.6. The van der Waals surface area contributed by atoms with Gasteiger partial charge in [0.25, 0.3) is 5.56 Å². The van der Waals surface area contributed by atoms with Gasteiger partial charge in [-0.1, -0.05) is 0 Å². The second kappa shape index (κ2) is 3.91. The topological polar surface area (TPSA) is 34.0 Å². The summed E-state index contributed by atoms with van der Waals surface area (Å²) in [5.41, 5.74) is -0.771. The van der Waals surface area contributed by atoms with Crippen LogP contribution in [0, 0.1) is 16.7 Å². The zero-order valence-electron chi connectivity index (χ0n) is 11.5. The van der Waals surface area contributed by atoms with Crippen LogP contribution in [0.5, 0.6) is 0 Å². The Morgan fingerprint density at radius 2 is 1.95 bits per heavy atom. The number of hydrogen-bond donors (Lipinski definition) is 1. The predicted molar refractivity (Wildman–Crippen MR) is 70.8 cm³/mol. The molecule has 114 valence electrons. The molecule has 5 rings (SSSR count). The Labute approximate surface area is 120 Å². The largest absolute Gasteiger partial charge is 0.416 e. The molecule has 0 unspecified atom stereocenters. The summed E-state index contributed by atoms with van der Waals surface area (Å²) in [6.45, 7) is 2.75. The van der Waals surface area contributed by atoms with Gasteiger partial charge in [0.15, 0.2) is 0 Å². The maximum absolute atomic E-state index is 12.6. The summed E-state index contributed by atoms with van der Waals surface area (Å²) >= 11 is 0. The van der Waals surface area contributed by atoms with Crippen molar-refractivity contribution in [1.82, 2.24) is 9.88 Å². The number of halogens is 3. The van der Waals surface area contributed by atoms with Gasteiger partial charge in [-0.25, -0.2) is 0 Å². The van der Waals surface area contributed by atoms with Crippen molar-refractivity contribution >= 4 is 0 Å². The molecule has 0 atom stereocenters. The van der Waals surface area contributed by atoms with E-state index in [4.69, 9.17) is 0 Å². The van der Waals surface area contributed by atoms with Gasteiger partial charge >= 0.3 is 6.18 Å². The highest BCUT2D eigenvalue weighted by Crippen LogP contribution is 2.77. The van der Waals surface area contributed by atoms with E-state index in [0.29, 0.717) is 18.0 Å². The van der Waals surface area contributed by atoms with Crippen LogP contribution in [0.1, 0.15) is 24.8 Å². The van der Waals surface area contributed by atoms with Gasteiger partial charge in [0.2, 0.25) is 0 Å². The highest BCUT2D eigenvalue weighted by Gasteiger charge is 2.70. The van der Waals surface area contributed by atoms with E-state index in [-0.39, 0.29) is 5.41 Å². The Balaban J connectivity index is 1.46. The second-order valence-electron chi connectivity index (χ2n) is 7.13. The molecule has 21 heavy (non-hydrogen) atoms. The minimum atomic E-state index is -4.45. The fourth-order valence-electron chi connectivity index (χ4n) is 4.58. The summed E-state index contributed by atoms with van der Waals surface area (Å²) in [6.07, 6.45) is 0.221. The molecular weight excluding hydrogens is 281 g/mol. The molecule has 4 aliphatic rings. The first-order chi connectivity index (χ1) is 9.82. The monoisotopic (exact) mass is 298 g/mol. The molecule has 3 saturated carbocycles. The van der Waals surface area contributed by atoms with Crippen molar-refractivity contribution < 1.29 is 13.2 Å². The van der Waals surface area contributed by atoms with E-state index in [9.17, 15) is 18.0 Å². The molecular formula is C15H17F3N2O. The third-order valence-corrected chi connectivity index (χ3v) is 5.66. The minimum Gasteiger partial charge on any atom is -0.316 e. The Morgan fingerprint density at radius 1 is 1.29 bits per heavy atom. The highest BCUT2D eigenvalue weighted by atomic mass is 19.4. The van der Waals surface area contributed by atoms with E-state index < -0.39 is 17.3 Å². The van der Waals surface area contributed by atoms with Crippen molar-refractivity contribution in [3.8, 4) is 0 Å². The molecule has 3 aliphatic carbocycles. The van der Waals surface area contributed by atoms with Crippen LogP contribution in [0.25, 0.3) is 0 Å². The van der Waals surface area contributed by atoms with Crippen LogP contribution in [0.15, 0.2) is 23.1 Å². The SMILES string of the molecule is O=c1cc(C(F)(F)F)ccn1CC12CC(C3CNC3)(C1)C2. The van der Waals surface area contributed by atoms with Gasteiger partial charge in [0.05, 0.1) is 5.56 Å². The van der Waals surface area contributed by atoms with E-state index in [1.54, 1.807) is 0 Å². The van der Waals surface area contributed by atoms with Crippen molar-refractivity contribution in [1.29, 1.82) is 0 Å². The molecule has 1 N–H and O–H groups in total. The van der Waals surface area contributed by atoms with E-state index >= 15 is 0 Å². The van der Waals surface area contributed by atoms with Gasteiger partial charge in [0, 0.05) is 18.8 Å². The zero-order valence-corrected chi connectivity index (χ0v) is 11.5. The fraction of sp³-hybridized carbons (Fsp3) is 0.667. The van der Waals surface area contributed by atoms with Crippen LogP contribution < -0.4 is 10.9 Å². The van der Waals surface area contributed by atoms with Crippen molar-refractivity contribution in [2.24, 2.45) is 16.7 Å². The molecule has 0 spiro atoms. The lowest BCUT2D eigenvalue weighted by Gasteiger charge is -2.75. The Bertz CT molecular complexity index is 625. The minimum absolute atomic E-state index is 0.166. The van der Waals surface area contributed by atoms with Gasteiger partial charge in [-0.05, 0) is 55.2 Å². The molecule has 0 radical (unpaired) electrons. The van der Waals surface area contributed by atoms with Crippen molar-refractivity contribution in [3.05, 3.63) is 34.2 Å². The third-order valence-electron chi connectivity index (χ3n) is 5.66. The normalized spacial score (nSPS) is 34.8. The Morgan fingerprint density at radius 3 is 2.43 bits per heavy atom. The molecule has 3 nitrogen and oxygen atoms in total. The smallest absolute Gasteiger partial charge is 0.316 e. The highest BCUT2D eigenvalue weighted by molar-refractivity contribution is 5.21. The summed E-state index contributed by atoms with van der Waals surface area (Å²) < 4.78 is 39.1. The number of nitrogens with zero attached hydrogens (tertiary/aromatic N) is 1. The van der Waals surface area contributed by atoms with Crippen LogP contribution in [0.3, 0.4) is 0 Å². The molecule has 4 fully saturated rings. The average molecular weight is 298 g/mol. The lowest BCUT2D eigenvalue weighted by atomic mass is 9.31. The first kappa shape index (κ1) is 13.4. The van der Waals surface area contributed by atoms with Gasteiger partial charge in [-0.3, -0.25) is 4.79 Å². The van der Waals surface area contributed by atoms with Crippen molar-refractivity contribution in [3.63, 3.8) is 0 Å². The van der Waals surface area contributed by atoms with Gasteiger partial charge in [-0.2, -0.15) is 13.2 Å². The number of nitrogens with one attached hydrogen (secondary N) is 1. The first-order valence-corrected chi connectivity index (χ1v) is 7.31. The lowest BCUT2D eigenvalue weighted by molar-refractivity contribution is -0.250. The third kappa shape index (κ3) is 1.88. The second-order valence-corrected chi connectivity index (χ2v) is 7.13. The number of aromatic nitrogens is 1. The first-order valence-electron chi connectivity index (χ1n) is 7.31. The number of hydrogen-bond acceptors (Lipinski definition) is 2. The van der Waals surface area contributed by atoms with Crippen LogP contribution in [-0.2, 0) is 12.7 Å². The average Bonchev–Trinajstić information content (AvgIpc) is 2.22. The summed E-state index contributed by atoms with van der Waals surface area (Å²) in [4.78, 5) is 11.9. The lowest BCUT2D eigenvalue weighted by Crippen LogP contribution is -2.71. The van der Waals surface area contributed by atoms with Crippen LogP contribution in [-0.4, -0.2) is 17.7 Å². The quantitative estimate of drug-likeness (QED) is 0.929. The van der Waals surface area contributed by atoms with Gasteiger partial charge in [-0.15, -0.1) is 0 Å². The molecule has 0 aromatic carbocycles. The summed E-state index contributed by atoms with van der Waals surface area (Å²) in [6, 6.07) is 1.70. The Hall–Kier alpha value is -1.30. The van der Waals surface area contributed by atoms with E-state index in [1.165, 1.54) is 10.8 Å². The zero-order chi connectivity index (χ0) is 14.9. The maximum Gasteiger partial charge on any atom is 0.416 e. The fourth-order valence-corrected chi connectivity index (χ4v) is 4.58. The number of alkyl halides is 3. The van der Waals surface area contributed by atoms with Crippen molar-refractivity contribution in [2.75, 3.05) is 13.1 Å². The molecule has 1 saturated heterocycles. The summed E-state index contributed by atoms with van der Waals surface area (Å²) in [5.74, 6) is 0.767. The Kier molecular flexibility index (Phi) is 2.49. The molecule has 6 heteroatoms. The van der Waals surface area contributed by atoms with Gasteiger partial charge in [0.1, 0.15) is 0 Å².